The van der Waals surface area contributed by atoms with Crippen molar-refractivity contribution in [3.63, 3.8) is 0 Å². The van der Waals surface area contributed by atoms with Crippen LogP contribution in [0.15, 0.2) is 57.9 Å². The third-order valence-corrected chi connectivity index (χ3v) is 8.46. The van der Waals surface area contributed by atoms with Gasteiger partial charge in [-0.3, -0.25) is 14.9 Å². The standard InChI is InChI=1S/C19H14BrNO4S2/c1-13-4-10-16(11-5-13)27(24,25)19(17(22)21-18(23)26-19)12-2-3-14-6-8-15(20)9-7-14/h4-11H,12H2,1H3,(H,21,22,23). The lowest BCUT2D eigenvalue weighted by atomic mass is 10.2. The van der Waals surface area contributed by atoms with Crippen LogP contribution >= 0.6 is 27.7 Å². The number of rotatable bonds is 3. The molecule has 1 N–H and O–H groups in total. The number of hydrogen-bond donors (Lipinski definition) is 1. The summed E-state index contributed by atoms with van der Waals surface area (Å²) in [5, 5.41) is 1.39. The van der Waals surface area contributed by atoms with E-state index in [1.165, 1.54) is 12.1 Å². The van der Waals surface area contributed by atoms with Crippen molar-refractivity contribution in [3.05, 3.63) is 64.1 Å². The van der Waals surface area contributed by atoms with Gasteiger partial charge in [0, 0.05) is 16.5 Å². The molecule has 1 fully saturated rings. The number of thioether (sulfide) groups is 1. The van der Waals surface area contributed by atoms with Crippen LogP contribution in [0.2, 0.25) is 0 Å². The van der Waals surface area contributed by atoms with E-state index in [4.69, 9.17) is 0 Å². The molecule has 1 heterocycles. The molecule has 3 rings (SSSR count). The average Bonchev–Trinajstić information content (AvgIpc) is 2.92. The van der Waals surface area contributed by atoms with Crippen molar-refractivity contribution in [2.75, 3.05) is 0 Å². The van der Waals surface area contributed by atoms with Gasteiger partial charge in [0.1, 0.15) is 0 Å². The van der Waals surface area contributed by atoms with E-state index in [-0.39, 0.29) is 11.3 Å². The third-order valence-electron chi connectivity index (χ3n) is 3.98. The van der Waals surface area contributed by atoms with E-state index in [0.717, 1.165) is 10.0 Å². The smallest absolute Gasteiger partial charge is 0.285 e. The highest BCUT2D eigenvalue weighted by molar-refractivity contribution is 9.10. The van der Waals surface area contributed by atoms with Gasteiger partial charge in [-0.1, -0.05) is 45.5 Å². The maximum Gasteiger partial charge on any atom is 0.287 e. The predicted octanol–water partition coefficient (Wildman–Crippen LogP) is 3.65. The Labute approximate surface area is 170 Å². The van der Waals surface area contributed by atoms with E-state index in [1.807, 2.05) is 19.1 Å². The van der Waals surface area contributed by atoms with Gasteiger partial charge in [0.15, 0.2) is 0 Å². The summed E-state index contributed by atoms with van der Waals surface area (Å²) in [7, 11) is -4.14. The minimum absolute atomic E-state index is 0.0177. The lowest BCUT2D eigenvalue weighted by molar-refractivity contribution is -0.119. The molecule has 8 heteroatoms. The highest BCUT2D eigenvalue weighted by atomic mass is 79.9. The first-order chi connectivity index (χ1) is 12.7. The van der Waals surface area contributed by atoms with E-state index >= 15 is 0 Å². The Morgan fingerprint density at radius 2 is 1.70 bits per heavy atom. The Balaban J connectivity index is 2.01. The van der Waals surface area contributed by atoms with Crippen molar-refractivity contribution in [1.82, 2.24) is 5.32 Å². The van der Waals surface area contributed by atoms with Crippen molar-refractivity contribution < 1.29 is 18.0 Å². The number of amides is 2. The zero-order chi connectivity index (χ0) is 19.7. The lowest BCUT2D eigenvalue weighted by Gasteiger charge is -2.22. The average molecular weight is 464 g/mol. The Morgan fingerprint density at radius 1 is 1.07 bits per heavy atom. The minimum Gasteiger partial charge on any atom is -0.285 e. The number of carbonyl (C=O) groups excluding carboxylic acids is 2. The largest absolute Gasteiger partial charge is 0.287 e. The number of imide groups is 1. The Hall–Kier alpha value is -2.08. The third kappa shape index (κ3) is 3.81. The van der Waals surface area contributed by atoms with Crippen LogP contribution in [-0.2, 0) is 14.6 Å². The van der Waals surface area contributed by atoms with Crippen molar-refractivity contribution in [2.24, 2.45) is 0 Å². The van der Waals surface area contributed by atoms with Crippen LogP contribution in [0.5, 0.6) is 0 Å². The molecule has 0 radical (unpaired) electrons. The number of carbonyl (C=O) groups is 2. The molecule has 1 aliphatic rings. The van der Waals surface area contributed by atoms with Crippen LogP contribution in [0.3, 0.4) is 0 Å². The molecule has 2 aromatic rings. The minimum atomic E-state index is -4.14. The number of hydrogen-bond acceptors (Lipinski definition) is 5. The molecular weight excluding hydrogens is 450 g/mol. The van der Waals surface area contributed by atoms with Crippen molar-refractivity contribution in [1.29, 1.82) is 0 Å². The van der Waals surface area contributed by atoms with Gasteiger partial charge in [0.25, 0.3) is 11.1 Å². The molecule has 1 atom stereocenters. The van der Waals surface area contributed by atoms with Gasteiger partial charge in [-0.05, 0) is 55.1 Å². The van der Waals surface area contributed by atoms with Gasteiger partial charge < -0.3 is 0 Å². The molecule has 1 unspecified atom stereocenters. The van der Waals surface area contributed by atoms with Gasteiger partial charge in [0.2, 0.25) is 13.9 Å². The molecule has 0 aromatic heterocycles. The van der Waals surface area contributed by atoms with Crippen LogP contribution in [0.1, 0.15) is 17.5 Å². The number of sulfone groups is 1. The molecule has 5 nitrogen and oxygen atoms in total. The molecule has 2 aromatic carbocycles. The number of aryl methyl sites for hydroxylation is 1. The Kier molecular flexibility index (Phi) is 5.47. The first-order valence-electron chi connectivity index (χ1n) is 7.85. The second kappa shape index (κ2) is 7.50. The quantitative estimate of drug-likeness (QED) is 0.702. The molecule has 0 aliphatic carbocycles. The number of benzene rings is 2. The van der Waals surface area contributed by atoms with E-state index < -0.39 is 25.1 Å². The lowest BCUT2D eigenvalue weighted by Crippen LogP contribution is -2.43. The molecule has 1 saturated heterocycles. The van der Waals surface area contributed by atoms with Crippen LogP contribution in [0.25, 0.3) is 0 Å². The number of halogens is 1. The van der Waals surface area contributed by atoms with Gasteiger partial charge in [0.05, 0.1) is 4.90 Å². The Bertz CT molecular complexity index is 1070. The highest BCUT2D eigenvalue weighted by Crippen LogP contribution is 2.43. The molecule has 0 bridgehead atoms. The number of nitrogens with one attached hydrogen (secondary N) is 1. The van der Waals surface area contributed by atoms with E-state index in [2.05, 4.69) is 33.1 Å². The summed E-state index contributed by atoms with van der Waals surface area (Å²) in [6.45, 7) is 1.83. The summed E-state index contributed by atoms with van der Waals surface area (Å²) in [5.41, 5.74) is 1.56. The molecule has 0 spiro atoms. The normalized spacial score (nSPS) is 19.3. The topological polar surface area (TPSA) is 80.3 Å². The SMILES string of the molecule is Cc1ccc(S(=O)(=O)C2(CC#Cc3ccc(Br)cc3)SC(=O)NC2=O)cc1. The van der Waals surface area contributed by atoms with Crippen LogP contribution in [-0.4, -0.2) is 23.6 Å². The monoisotopic (exact) mass is 463 g/mol. The summed E-state index contributed by atoms with van der Waals surface area (Å²) in [5.74, 6) is 4.76. The van der Waals surface area contributed by atoms with Crippen LogP contribution in [0, 0.1) is 18.8 Å². The first kappa shape index (κ1) is 19.7. The van der Waals surface area contributed by atoms with Crippen molar-refractivity contribution >= 4 is 48.7 Å². The molecule has 138 valence electrons. The van der Waals surface area contributed by atoms with Crippen molar-refractivity contribution in [3.8, 4) is 11.8 Å². The molecule has 0 saturated carbocycles. The zero-order valence-corrected chi connectivity index (χ0v) is 17.4. The maximum atomic E-state index is 13.2. The van der Waals surface area contributed by atoms with E-state index in [1.54, 1.807) is 24.3 Å². The summed E-state index contributed by atoms with van der Waals surface area (Å²) in [6, 6.07) is 13.3. The second-order valence-corrected chi connectivity index (χ2v) is 10.5. The van der Waals surface area contributed by atoms with Crippen LogP contribution in [0.4, 0.5) is 4.79 Å². The fraction of sp³-hybridized carbons (Fsp3) is 0.158. The molecule has 1 aliphatic heterocycles. The van der Waals surface area contributed by atoms with Gasteiger partial charge in [-0.15, -0.1) is 0 Å². The summed E-state index contributed by atoms with van der Waals surface area (Å²) < 4.78 is 25.3. The van der Waals surface area contributed by atoms with E-state index in [0.29, 0.717) is 17.3 Å². The molecular formula is C19H14BrNO4S2. The summed E-state index contributed by atoms with van der Waals surface area (Å²) in [6.07, 6.45) is -0.304. The first-order valence-corrected chi connectivity index (χ1v) is 10.9. The van der Waals surface area contributed by atoms with Crippen molar-refractivity contribution in [2.45, 2.75) is 22.3 Å². The second-order valence-electron chi connectivity index (χ2n) is 5.90. The molecule has 27 heavy (non-hydrogen) atoms. The van der Waals surface area contributed by atoms with Gasteiger partial charge >= 0.3 is 0 Å². The summed E-state index contributed by atoms with van der Waals surface area (Å²) >= 11 is 3.79. The predicted molar refractivity (Wildman–Crippen MR) is 108 cm³/mol. The van der Waals surface area contributed by atoms with Crippen LogP contribution < -0.4 is 5.32 Å². The Morgan fingerprint density at radius 3 is 2.26 bits per heavy atom. The van der Waals surface area contributed by atoms with Gasteiger partial charge in [-0.25, -0.2) is 8.42 Å². The van der Waals surface area contributed by atoms with E-state index in [9.17, 15) is 18.0 Å². The maximum absolute atomic E-state index is 13.2. The van der Waals surface area contributed by atoms with Gasteiger partial charge in [-0.2, -0.15) is 0 Å². The fourth-order valence-electron chi connectivity index (χ4n) is 2.50. The molecule has 2 amide bonds. The summed E-state index contributed by atoms with van der Waals surface area (Å²) in [4.78, 5) is 24.2. The fourth-order valence-corrected chi connectivity index (χ4v) is 5.88. The highest BCUT2D eigenvalue weighted by Gasteiger charge is 2.58. The zero-order valence-electron chi connectivity index (χ0n) is 14.2.